The second kappa shape index (κ2) is 8.42. The zero-order chi connectivity index (χ0) is 13.2. The van der Waals surface area contributed by atoms with E-state index >= 15 is 0 Å². The third-order valence-electron chi connectivity index (χ3n) is 4.81. The molecule has 0 radical (unpaired) electrons. The van der Waals surface area contributed by atoms with Gasteiger partial charge in [-0.25, -0.2) is 0 Å². The van der Waals surface area contributed by atoms with Crippen molar-refractivity contribution in [2.75, 3.05) is 20.1 Å². The predicted octanol–water partition coefficient (Wildman–Crippen LogP) is 1.95. The third-order valence-corrected chi connectivity index (χ3v) is 4.81. The summed E-state index contributed by atoms with van der Waals surface area (Å²) in [6.07, 6.45) is 6.82. The van der Waals surface area contributed by atoms with E-state index in [0.29, 0.717) is 12.6 Å². The second-order valence-electron chi connectivity index (χ2n) is 6.15. The molecule has 0 aliphatic heterocycles. The molecule has 1 amide bonds. The Labute approximate surface area is 135 Å². The Balaban J connectivity index is 0.00000180. The summed E-state index contributed by atoms with van der Waals surface area (Å²) in [6, 6.07) is 1.16. The lowest BCUT2D eigenvalue weighted by Crippen LogP contribution is -2.48. The molecule has 0 bridgehead atoms. The molecule has 20 heavy (non-hydrogen) atoms. The molecular weight excluding hydrogens is 297 g/mol. The number of carbonyl (C=O) groups is 1. The topological polar surface area (TPSA) is 58.4 Å². The molecule has 3 N–H and O–H groups in total. The summed E-state index contributed by atoms with van der Waals surface area (Å²) in [4.78, 5) is 14.7. The second-order valence-corrected chi connectivity index (χ2v) is 6.15. The van der Waals surface area contributed by atoms with E-state index in [0.717, 1.165) is 38.3 Å². The van der Waals surface area contributed by atoms with Crippen molar-refractivity contribution >= 4 is 30.7 Å². The van der Waals surface area contributed by atoms with Gasteiger partial charge < -0.3 is 11.1 Å². The van der Waals surface area contributed by atoms with Crippen LogP contribution in [-0.2, 0) is 4.79 Å². The summed E-state index contributed by atoms with van der Waals surface area (Å²) in [5.41, 5.74) is 5.56. The minimum atomic E-state index is -0.266. The summed E-state index contributed by atoms with van der Waals surface area (Å²) in [6.45, 7) is 3.42. The fraction of sp³-hybridized carbons (Fsp3) is 0.929. The number of likely N-dealkylation sites (N-methyl/N-ethyl adjacent to an activating group) is 1. The van der Waals surface area contributed by atoms with Crippen molar-refractivity contribution in [2.45, 2.75) is 57.5 Å². The minimum Gasteiger partial charge on any atom is -0.354 e. The first-order chi connectivity index (χ1) is 8.59. The first kappa shape index (κ1) is 20.0. The van der Waals surface area contributed by atoms with E-state index in [1.54, 1.807) is 0 Å². The molecule has 0 heterocycles. The number of hydrogen-bond donors (Lipinski definition) is 2. The Bertz CT molecular complexity index is 305. The molecule has 2 rings (SSSR count). The maximum Gasteiger partial charge on any atom is 0.227 e. The molecule has 0 aromatic carbocycles. The van der Waals surface area contributed by atoms with Crippen molar-refractivity contribution in [3.63, 3.8) is 0 Å². The standard InChI is InChI=1S/C14H27N3O.2ClH/c1-11(17(2)12-5-6-12)9-16-13(18)14(10-15)7-3-4-8-14;;/h11-12H,3-10,15H2,1-2H3,(H,16,18);2*1H. The smallest absolute Gasteiger partial charge is 0.227 e. The zero-order valence-corrected chi connectivity index (χ0v) is 14.2. The first-order valence-corrected chi connectivity index (χ1v) is 7.29. The Morgan fingerprint density at radius 3 is 2.35 bits per heavy atom. The highest BCUT2D eigenvalue weighted by molar-refractivity contribution is 5.85. The minimum absolute atomic E-state index is 0. The van der Waals surface area contributed by atoms with Gasteiger partial charge in [0.1, 0.15) is 0 Å². The Kier molecular flexibility index (Phi) is 8.41. The molecule has 0 aromatic rings. The quantitative estimate of drug-likeness (QED) is 0.784. The fourth-order valence-corrected chi connectivity index (χ4v) is 2.99. The highest BCUT2D eigenvalue weighted by Crippen LogP contribution is 2.37. The van der Waals surface area contributed by atoms with Gasteiger partial charge in [0.25, 0.3) is 0 Å². The number of rotatable bonds is 6. The largest absolute Gasteiger partial charge is 0.354 e. The maximum absolute atomic E-state index is 12.3. The molecule has 0 aromatic heterocycles. The lowest BCUT2D eigenvalue weighted by Gasteiger charge is -2.29. The van der Waals surface area contributed by atoms with Gasteiger partial charge in [0.15, 0.2) is 0 Å². The Hall–Kier alpha value is -0.0300. The molecule has 1 unspecified atom stereocenters. The van der Waals surface area contributed by atoms with Crippen molar-refractivity contribution in [1.82, 2.24) is 10.2 Å². The number of halogens is 2. The normalized spacial score (nSPS) is 21.8. The van der Waals surface area contributed by atoms with Crippen molar-refractivity contribution in [3.8, 4) is 0 Å². The number of hydrogen-bond acceptors (Lipinski definition) is 3. The Morgan fingerprint density at radius 1 is 1.35 bits per heavy atom. The van der Waals surface area contributed by atoms with Gasteiger partial charge in [0, 0.05) is 25.2 Å². The zero-order valence-electron chi connectivity index (χ0n) is 12.6. The van der Waals surface area contributed by atoms with Crippen molar-refractivity contribution in [3.05, 3.63) is 0 Å². The maximum atomic E-state index is 12.3. The average molecular weight is 326 g/mol. The van der Waals surface area contributed by atoms with Crippen molar-refractivity contribution < 1.29 is 4.79 Å². The molecule has 2 saturated carbocycles. The molecule has 6 heteroatoms. The molecule has 0 saturated heterocycles. The molecule has 2 aliphatic rings. The van der Waals surface area contributed by atoms with Gasteiger partial charge in [-0.2, -0.15) is 0 Å². The van der Waals surface area contributed by atoms with E-state index in [1.165, 1.54) is 12.8 Å². The van der Waals surface area contributed by atoms with E-state index in [4.69, 9.17) is 5.73 Å². The summed E-state index contributed by atoms with van der Waals surface area (Å²) in [5, 5.41) is 3.12. The van der Waals surface area contributed by atoms with Gasteiger partial charge in [0.2, 0.25) is 5.91 Å². The van der Waals surface area contributed by atoms with Crippen molar-refractivity contribution in [2.24, 2.45) is 11.1 Å². The molecular formula is C14H29Cl2N3O. The van der Waals surface area contributed by atoms with Gasteiger partial charge in [-0.1, -0.05) is 12.8 Å². The van der Waals surface area contributed by atoms with Crippen LogP contribution in [0.1, 0.15) is 45.4 Å². The summed E-state index contributed by atoms with van der Waals surface area (Å²) in [5.74, 6) is 0.179. The molecule has 0 spiro atoms. The van der Waals surface area contributed by atoms with Gasteiger partial charge >= 0.3 is 0 Å². The van der Waals surface area contributed by atoms with E-state index in [2.05, 4.69) is 24.2 Å². The van der Waals surface area contributed by atoms with E-state index < -0.39 is 0 Å². The van der Waals surface area contributed by atoms with Crippen LogP contribution < -0.4 is 11.1 Å². The highest BCUT2D eigenvalue weighted by atomic mass is 35.5. The lowest BCUT2D eigenvalue weighted by molar-refractivity contribution is -0.130. The first-order valence-electron chi connectivity index (χ1n) is 7.29. The molecule has 1 atom stereocenters. The van der Waals surface area contributed by atoms with Gasteiger partial charge in [0.05, 0.1) is 5.41 Å². The van der Waals surface area contributed by atoms with Crippen LogP contribution in [0.5, 0.6) is 0 Å². The summed E-state index contributed by atoms with van der Waals surface area (Å²) in [7, 11) is 2.16. The number of amides is 1. The molecule has 2 aliphatic carbocycles. The third kappa shape index (κ3) is 4.48. The van der Waals surface area contributed by atoms with Crippen molar-refractivity contribution in [1.29, 1.82) is 0 Å². The van der Waals surface area contributed by atoms with Gasteiger partial charge in [-0.15, -0.1) is 24.8 Å². The molecule has 120 valence electrons. The predicted molar refractivity (Wildman–Crippen MR) is 87.7 cm³/mol. The van der Waals surface area contributed by atoms with Crippen LogP contribution in [-0.4, -0.2) is 43.0 Å². The number of nitrogens with two attached hydrogens (primary N) is 1. The summed E-state index contributed by atoms with van der Waals surface area (Å²) < 4.78 is 0. The number of nitrogens with zero attached hydrogens (tertiary/aromatic N) is 1. The average Bonchev–Trinajstić information content (AvgIpc) is 3.12. The summed E-state index contributed by atoms with van der Waals surface area (Å²) >= 11 is 0. The number of nitrogens with one attached hydrogen (secondary N) is 1. The lowest BCUT2D eigenvalue weighted by atomic mass is 9.85. The molecule has 2 fully saturated rings. The van der Waals surface area contributed by atoms with Crippen LogP contribution in [0.4, 0.5) is 0 Å². The SMILES string of the molecule is CC(CNC(=O)C1(CN)CCCC1)N(C)C1CC1.Cl.Cl. The monoisotopic (exact) mass is 325 g/mol. The number of carbonyl (C=O) groups excluding carboxylic acids is 1. The highest BCUT2D eigenvalue weighted by Gasteiger charge is 2.40. The Morgan fingerprint density at radius 2 is 1.90 bits per heavy atom. The fourth-order valence-electron chi connectivity index (χ4n) is 2.99. The van der Waals surface area contributed by atoms with Gasteiger partial charge in [-0.05, 0) is 39.7 Å². The van der Waals surface area contributed by atoms with E-state index in [-0.39, 0.29) is 36.1 Å². The van der Waals surface area contributed by atoms with E-state index in [1.807, 2.05) is 0 Å². The van der Waals surface area contributed by atoms with Crippen LogP contribution in [0, 0.1) is 5.41 Å². The van der Waals surface area contributed by atoms with Crippen LogP contribution in [0.3, 0.4) is 0 Å². The molecule has 4 nitrogen and oxygen atoms in total. The van der Waals surface area contributed by atoms with E-state index in [9.17, 15) is 4.79 Å². The van der Waals surface area contributed by atoms with Crippen LogP contribution in [0.15, 0.2) is 0 Å². The van der Waals surface area contributed by atoms with Crippen LogP contribution in [0.2, 0.25) is 0 Å². The van der Waals surface area contributed by atoms with Gasteiger partial charge in [-0.3, -0.25) is 9.69 Å². The van der Waals surface area contributed by atoms with Crippen LogP contribution >= 0.6 is 24.8 Å². The van der Waals surface area contributed by atoms with Crippen LogP contribution in [0.25, 0.3) is 0 Å².